The molecule has 0 fully saturated rings. The van der Waals surface area contributed by atoms with Crippen molar-refractivity contribution in [2.45, 2.75) is 38.8 Å². The molecule has 0 saturated heterocycles. The van der Waals surface area contributed by atoms with Crippen LogP contribution in [0.2, 0.25) is 0 Å². The van der Waals surface area contributed by atoms with Crippen molar-refractivity contribution in [3.8, 4) is 0 Å². The van der Waals surface area contributed by atoms with Gasteiger partial charge in [-0.05, 0) is 37.7 Å². The number of allylic oxidation sites excluding steroid dienone is 3. The smallest absolute Gasteiger partial charge is 0.338 e. The van der Waals surface area contributed by atoms with Crippen molar-refractivity contribution < 1.29 is 14.3 Å². The van der Waals surface area contributed by atoms with Crippen LogP contribution in [-0.2, 0) is 16.1 Å². The Morgan fingerprint density at radius 3 is 2.75 bits per heavy atom. The third kappa shape index (κ3) is 3.67. The van der Waals surface area contributed by atoms with Gasteiger partial charge in [0.25, 0.3) is 0 Å². The number of ether oxygens (including phenoxy) is 1. The van der Waals surface area contributed by atoms with Gasteiger partial charge in [-0.1, -0.05) is 42.5 Å². The maximum absolute atomic E-state index is 12.7. The van der Waals surface area contributed by atoms with Crippen molar-refractivity contribution >= 4 is 12.0 Å². The molecule has 5 nitrogen and oxygen atoms in total. The molecule has 2 aliphatic rings. The standard InChI is InChI=1S/C19H22N2O3/c1-13-16(18(22)24-12-14-8-4-2-5-9-14)17(21-19(23)20-13)15-10-6-3-7-11-15/h2-6,8-9,15,17H,7,10-12H2,1H3,(H2,20,21,23)/t15-,17+/m1/s1. The molecule has 1 aliphatic heterocycles. The van der Waals surface area contributed by atoms with Crippen LogP contribution in [0.1, 0.15) is 31.7 Å². The molecule has 1 heterocycles. The summed E-state index contributed by atoms with van der Waals surface area (Å²) in [5.74, 6) is -0.154. The van der Waals surface area contributed by atoms with Gasteiger partial charge in [-0.3, -0.25) is 0 Å². The molecule has 2 amide bonds. The Kier molecular flexibility index (Phi) is 4.99. The zero-order valence-corrected chi connectivity index (χ0v) is 13.7. The van der Waals surface area contributed by atoms with Crippen LogP contribution in [0.4, 0.5) is 4.79 Å². The number of carbonyl (C=O) groups excluding carboxylic acids is 2. The van der Waals surface area contributed by atoms with Gasteiger partial charge in [0.2, 0.25) is 0 Å². The first-order chi connectivity index (χ1) is 11.6. The molecule has 0 unspecified atom stereocenters. The molecule has 126 valence electrons. The SMILES string of the molecule is CC1=C(C(=O)OCc2ccccc2)[C@H]([C@@H]2CC=CCC2)NC(=O)N1. The molecule has 0 saturated carbocycles. The summed E-state index contributed by atoms with van der Waals surface area (Å²) >= 11 is 0. The summed E-state index contributed by atoms with van der Waals surface area (Å²) in [5.41, 5.74) is 2.05. The second-order valence-corrected chi connectivity index (χ2v) is 6.22. The van der Waals surface area contributed by atoms with E-state index in [0.29, 0.717) is 11.3 Å². The Hall–Kier alpha value is -2.56. The summed E-state index contributed by atoms with van der Waals surface area (Å²) in [6.45, 7) is 1.98. The molecular weight excluding hydrogens is 304 g/mol. The minimum absolute atomic E-state index is 0.218. The van der Waals surface area contributed by atoms with Crippen molar-refractivity contribution in [3.63, 3.8) is 0 Å². The van der Waals surface area contributed by atoms with E-state index in [0.717, 1.165) is 24.8 Å². The number of carbonyl (C=O) groups is 2. The average molecular weight is 326 g/mol. The lowest BCUT2D eigenvalue weighted by molar-refractivity contribution is -0.141. The number of benzene rings is 1. The van der Waals surface area contributed by atoms with Crippen molar-refractivity contribution in [3.05, 3.63) is 59.3 Å². The van der Waals surface area contributed by atoms with Gasteiger partial charge in [-0.15, -0.1) is 0 Å². The van der Waals surface area contributed by atoms with Gasteiger partial charge in [-0.2, -0.15) is 0 Å². The normalized spacial score (nSPS) is 23.5. The zero-order chi connectivity index (χ0) is 16.9. The summed E-state index contributed by atoms with van der Waals surface area (Å²) in [6.07, 6.45) is 7.03. The zero-order valence-electron chi connectivity index (χ0n) is 13.7. The van der Waals surface area contributed by atoms with Crippen LogP contribution in [0, 0.1) is 5.92 Å². The highest BCUT2D eigenvalue weighted by atomic mass is 16.5. The summed E-state index contributed by atoms with van der Waals surface area (Å²) in [5, 5.41) is 5.59. The monoisotopic (exact) mass is 326 g/mol. The lowest BCUT2D eigenvalue weighted by Gasteiger charge is -2.34. The summed E-state index contributed by atoms with van der Waals surface area (Å²) < 4.78 is 5.49. The van der Waals surface area contributed by atoms with Gasteiger partial charge < -0.3 is 15.4 Å². The number of esters is 1. The predicted octanol–water partition coefficient (Wildman–Crippen LogP) is 3.04. The van der Waals surface area contributed by atoms with Gasteiger partial charge in [0.1, 0.15) is 6.61 Å². The third-order valence-electron chi connectivity index (χ3n) is 4.52. The number of hydrogen-bond donors (Lipinski definition) is 2. The van der Waals surface area contributed by atoms with E-state index < -0.39 is 0 Å². The first-order valence-corrected chi connectivity index (χ1v) is 8.29. The maximum Gasteiger partial charge on any atom is 0.338 e. The van der Waals surface area contributed by atoms with E-state index in [2.05, 4.69) is 22.8 Å². The quantitative estimate of drug-likeness (QED) is 0.660. The Bertz CT molecular complexity index is 679. The van der Waals surface area contributed by atoms with E-state index in [9.17, 15) is 9.59 Å². The second-order valence-electron chi connectivity index (χ2n) is 6.22. The predicted molar refractivity (Wildman–Crippen MR) is 90.9 cm³/mol. The highest BCUT2D eigenvalue weighted by molar-refractivity contribution is 5.94. The van der Waals surface area contributed by atoms with Crippen LogP contribution in [0.15, 0.2) is 53.8 Å². The molecule has 24 heavy (non-hydrogen) atoms. The van der Waals surface area contributed by atoms with Gasteiger partial charge in [0.15, 0.2) is 0 Å². The van der Waals surface area contributed by atoms with Crippen LogP contribution < -0.4 is 10.6 Å². The van der Waals surface area contributed by atoms with E-state index in [1.807, 2.05) is 30.3 Å². The van der Waals surface area contributed by atoms with Crippen molar-refractivity contribution in [1.82, 2.24) is 10.6 Å². The van der Waals surface area contributed by atoms with Gasteiger partial charge in [-0.25, -0.2) is 9.59 Å². The molecule has 0 aromatic heterocycles. The van der Waals surface area contributed by atoms with Crippen molar-refractivity contribution in [2.24, 2.45) is 5.92 Å². The molecule has 3 rings (SSSR count). The van der Waals surface area contributed by atoms with E-state index in [-0.39, 0.29) is 30.6 Å². The topological polar surface area (TPSA) is 67.4 Å². The number of nitrogens with one attached hydrogen (secondary N) is 2. The van der Waals surface area contributed by atoms with Gasteiger partial charge in [0, 0.05) is 5.70 Å². The van der Waals surface area contributed by atoms with Crippen LogP contribution in [0.3, 0.4) is 0 Å². The Morgan fingerprint density at radius 1 is 1.25 bits per heavy atom. The van der Waals surface area contributed by atoms with Crippen molar-refractivity contribution in [1.29, 1.82) is 0 Å². The molecule has 0 spiro atoms. The highest BCUT2D eigenvalue weighted by Crippen LogP contribution is 2.29. The Labute approximate surface area is 141 Å². The van der Waals surface area contributed by atoms with E-state index >= 15 is 0 Å². The van der Waals surface area contributed by atoms with E-state index in [1.54, 1.807) is 6.92 Å². The molecule has 2 atom stereocenters. The minimum Gasteiger partial charge on any atom is -0.457 e. The number of amides is 2. The maximum atomic E-state index is 12.7. The molecule has 1 aliphatic carbocycles. The minimum atomic E-state index is -0.372. The lowest BCUT2D eigenvalue weighted by atomic mass is 9.82. The largest absolute Gasteiger partial charge is 0.457 e. The van der Waals surface area contributed by atoms with E-state index in [4.69, 9.17) is 4.74 Å². The molecule has 0 bridgehead atoms. The Balaban J connectivity index is 1.76. The second kappa shape index (κ2) is 7.34. The fourth-order valence-electron chi connectivity index (χ4n) is 3.27. The summed E-state index contributed by atoms with van der Waals surface area (Å²) in [7, 11) is 0. The van der Waals surface area contributed by atoms with Crippen molar-refractivity contribution in [2.75, 3.05) is 0 Å². The third-order valence-corrected chi connectivity index (χ3v) is 4.52. The number of urea groups is 1. The fourth-order valence-corrected chi connectivity index (χ4v) is 3.27. The number of rotatable bonds is 4. The molecule has 5 heteroatoms. The molecule has 2 N–H and O–H groups in total. The lowest BCUT2D eigenvalue weighted by Crippen LogP contribution is -2.53. The summed E-state index contributed by atoms with van der Waals surface area (Å²) in [6, 6.07) is 9.02. The molecule has 1 aromatic rings. The van der Waals surface area contributed by atoms with Gasteiger partial charge in [0.05, 0.1) is 11.6 Å². The Morgan fingerprint density at radius 2 is 2.04 bits per heavy atom. The number of hydrogen-bond acceptors (Lipinski definition) is 3. The molecule has 0 radical (unpaired) electrons. The highest BCUT2D eigenvalue weighted by Gasteiger charge is 2.36. The fraction of sp³-hybridized carbons (Fsp3) is 0.368. The van der Waals surface area contributed by atoms with Crippen LogP contribution in [0.5, 0.6) is 0 Å². The molecular formula is C19H22N2O3. The van der Waals surface area contributed by atoms with E-state index in [1.165, 1.54) is 0 Å². The van der Waals surface area contributed by atoms with Gasteiger partial charge >= 0.3 is 12.0 Å². The first-order valence-electron chi connectivity index (χ1n) is 8.29. The van der Waals surface area contributed by atoms with Crippen LogP contribution in [-0.4, -0.2) is 18.0 Å². The van der Waals surface area contributed by atoms with Crippen LogP contribution >= 0.6 is 0 Å². The average Bonchev–Trinajstić information content (AvgIpc) is 2.60. The van der Waals surface area contributed by atoms with Crippen LogP contribution in [0.25, 0.3) is 0 Å². The molecule has 1 aromatic carbocycles. The summed E-state index contributed by atoms with van der Waals surface area (Å²) in [4.78, 5) is 24.5. The first kappa shape index (κ1) is 16.3.